The zero-order valence-corrected chi connectivity index (χ0v) is 11.2. The number of methoxy groups -OCH3 is 1. The molecule has 0 radical (unpaired) electrons. The van der Waals surface area contributed by atoms with Crippen molar-refractivity contribution in [3.63, 3.8) is 0 Å². The van der Waals surface area contributed by atoms with Crippen molar-refractivity contribution in [3.8, 4) is 11.5 Å². The maximum absolute atomic E-state index is 8.70. The van der Waals surface area contributed by atoms with Crippen LogP contribution in [-0.4, -0.2) is 32.0 Å². The summed E-state index contributed by atoms with van der Waals surface area (Å²) in [5, 5.41) is 11.8. The Balaban J connectivity index is 2.58. The van der Waals surface area contributed by atoms with Gasteiger partial charge in [-0.25, -0.2) is 0 Å². The number of aliphatic hydroxyl groups is 1. The smallest absolute Gasteiger partial charge is 0.161 e. The molecule has 0 amide bonds. The summed E-state index contributed by atoms with van der Waals surface area (Å²) in [6, 6.07) is 5.91. The van der Waals surface area contributed by atoms with Crippen molar-refractivity contribution < 1.29 is 14.6 Å². The van der Waals surface area contributed by atoms with Crippen LogP contribution in [-0.2, 0) is 6.54 Å². The van der Waals surface area contributed by atoms with E-state index >= 15 is 0 Å². The molecular formula is C14H23NO3. The minimum Gasteiger partial charge on any atom is -0.493 e. The van der Waals surface area contributed by atoms with E-state index in [4.69, 9.17) is 14.6 Å². The molecule has 18 heavy (non-hydrogen) atoms. The molecule has 0 aromatic heterocycles. The summed E-state index contributed by atoms with van der Waals surface area (Å²) in [6.07, 6.45) is 2.16. The van der Waals surface area contributed by atoms with Crippen molar-refractivity contribution in [1.29, 1.82) is 0 Å². The van der Waals surface area contributed by atoms with Gasteiger partial charge in [-0.05, 0) is 24.1 Å². The number of hydrogen-bond acceptors (Lipinski definition) is 4. The molecule has 1 rings (SSSR count). The number of hydrogen-bond donors (Lipinski definition) is 2. The number of nitrogens with one attached hydrogen (secondary N) is 1. The van der Waals surface area contributed by atoms with Gasteiger partial charge in [0, 0.05) is 13.1 Å². The van der Waals surface area contributed by atoms with Crippen molar-refractivity contribution in [2.75, 3.05) is 26.9 Å². The summed E-state index contributed by atoms with van der Waals surface area (Å²) < 4.78 is 11.0. The molecule has 0 fully saturated rings. The summed E-state index contributed by atoms with van der Waals surface area (Å²) in [7, 11) is 1.65. The third-order valence-corrected chi connectivity index (χ3v) is 2.60. The second kappa shape index (κ2) is 8.78. The maximum atomic E-state index is 8.70. The SMILES string of the molecule is CCCCOc1ccc(CNCCO)cc1OC. The van der Waals surface area contributed by atoms with Crippen LogP contribution >= 0.6 is 0 Å². The fourth-order valence-electron chi connectivity index (χ4n) is 1.58. The summed E-state index contributed by atoms with van der Waals surface area (Å²) in [5.41, 5.74) is 1.11. The Morgan fingerprint density at radius 3 is 2.78 bits per heavy atom. The second-order valence-corrected chi connectivity index (χ2v) is 4.09. The predicted octanol–water partition coefficient (Wildman–Crippen LogP) is 1.96. The van der Waals surface area contributed by atoms with E-state index in [0.29, 0.717) is 13.1 Å². The summed E-state index contributed by atoms with van der Waals surface area (Å²) in [6.45, 7) is 4.31. The molecule has 0 atom stereocenters. The molecule has 0 bridgehead atoms. The van der Waals surface area contributed by atoms with Gasteiger partial charge in [-0.1, -0.05) is 19.4 Å². The minimum absolute atomic E-state index is 0.148. The van der Waals surface area contributed by atoms with Crippen molar-refractivity contribution in [3.05, 3.63) is 23.8 Å². The Morgan fingerprint density at radius 2 is 2.11 bits per heavy atom. The van der Waals surface area contributed by atoms with E-state index < -0.39 is 0 Å². The molecule has 0 saturated heterocycles. The monoisotopic (exact) mass is 253 g/mol. The molecule has 2 N–H and O–H groups in total. The van der Waals surface area contributed by atoms with Gasteiger partial charge in [0.25, 0.3) is 0 Å². The van der Waals surface area contributed by atoms with Gasteiger partial charge in [-0.3, -0.25) is 0 Å². The van der Waals surface area contributed by atoms with Crippen LogP contribution in [0.1, 0.15) is 25.3 Å². The standard InChI is InChI=1S/C14H23NO3/c1-3-4-9-18-13-6-5-12(10-14(13)17-2)11-15-7-8-16/h5-6,10,15-16H,3-4,7-9,11H2,1-2H3. The number of aliphatic hydroxyl groups excluding tert-OH is 1. The van der Waals surface area contributed by atoms with Gasteiger partial charge < -0.3 is 19.9 Å². The van der Waals surface area contributed by atoms with Gasteiger partial charge in [-0.15, -0.1) is 0 Å². The average molecular weight is 253 g/mol. The lowest BCUT2D eigenvalue weighted by atomic mass is 10.2. The zero-order valence-electron chi connectivity index (χ0n) is 11.2. The van der Waals surface area contributed by atoms with E-state index in [1.807, 2.05) is 18.2 Å². The predicted molar refractivity (Wildman–Crippen MR) is 72.2 cm³/mol. The quantitative estimate of drug-likeness (QED) is 0.661. The second-order valence-electron chi connectivity index (χ2n) is 4.09. The molecule has 0 spiro atoms. The van der Waals surface area contributed by atoms with Crippen molar-refractivity contribution in [2.24, 2.45) is 0 Å². The molecule has 0 saturated carbocycles. The molecule has 0 aliphatic carbocycles. The number of benzene rings is 1. The van der Waals surface area contributed by atoms with Crippen LogP contribution in [0, 0.1) is 0 Å². The Morgan fingerprint density at radius 1 is 1.28 bits per heavy atom. The Kier molecular flexibility index (Phi) is 7.22. The molecule has 1 aromatic carbocycles. The fourth-order valence-corrected chi connectivity index (χ4v) is 1.58. The van der Waals surface area contributed by atoms with Gasteiger partial charge in [-0.2, -0.15) is 0 Å². The first-order valence-electron chi connectivity index (χ1n) is 6.43. The van der Waals surface area contributed by atoms with Crippen LogP contribution in [0.3, 0.4) is 0 Å². The largest absolute Gasteiger partial charge is 0.493 e. The van der Waals surface area contributed by atoms with Crippen LogP contribution in [0.4, 0.5) is 0 Å². The average Bonchev–Trinajstić information content (AvgIpc) is 2.40. The van der Waals surface area contributed by atoms with Gasteiger partial charge in [0.1, 0.15) is 0 Å². The maximum Gasteiger partial charge on any atom is 0.161 e. The van der Waals surface area contributed by atoms with Crippen LogP contribution < -0.4 is 14.8 Å². The first kappa shape index (κ1) is 14.8. The zero-order chi connectivity index (χ0) is 13.2. The van der Waals surface area contributed by atoms with E-state index in [1.54, 1.807) is 7.11 Å². The third-order valence-electron chi connectivity index (χ3n) is 2.60. The van der Waals surface area contributed by atoms with E-state index in [0.717, 1.165) is 36.5 Å². The first-order valence-corrected chi connectivity index (χ1v) is 6.43. The van der Waals surface area contributed by atoms with Crippen LogP contribution in [0.5, 0.6) is 11.5 Å². The highest BCUT2D eigenvalue weighted by molar-refractivity contribution is 5.42. The molecule has 0 unspecified atom stereocenters. The van der Waals surface area contributed by atoms with E-state index in [9.17, 15) is 0 Å². The van der Waals surface area contributed by atoms with Crippen molar-refractivity contribution >= 4 is 0 Å². The van der Waals surface area contributed by atoms with E-state index in [-0.39, 0.29) is 6.61 Å². The summed E-state index contributed by atoms with van der Waals surface area (Å²) in [4.78, 5) is 0. The molecule has 1 aromatic rings. The molecule has 4 nitrogen and oxygen atoms in total. The molecule has 0 aliphatic rings. The Hall–Kier alpha value is -1.26. The molecule has 4 heteroatoms. The van der Waals surface area contributed by atoms with Gasteiger partial charge >= 0.3 is 0 Å². The minimum atomic E-state index is 0.148. The number of ether oxygens (including phenoxy) is 2. The van der Waals surface area contributed by atoms with Gasteiger partial charge in [0.2, 0.25) is 0 Å². The highest BCUT2D eigenvalue weighted by atomic mass is 16.5. The number of rotatable bonds is 9. The summed E-state index contributed by atoms with van der Waals surface area (Å²) >= 11 is 0. The lowest BCUT2D eigenvalue weighted by Gasteiger charge is -2.12. The van der Waals surface area contributed by atoms with Crippen LogP contribution in [0.25, 0.3) is 0 Å². The third kappa shape index (κ3) is 4.94. The Bertz CT molecular complexity index is 342. The van der Waals surface area contributed by atoms with E-state index in [1.165, 1.54) is 0 Å². The van der Waals surface area contributed by atoms with Gasteiger partial charge in [0.05, 0.1) is 20.3 Å². The van der Waals surface area contributed by atoms with E-state index in [2.05, 4.69) is 12.2 Å². The van der Waals surface area contributed by atoms with Crippen molar-refractivity contribution in [1.82, 2.24) is 5.32 Å². The lowest BCUT2D eigenvalue weighted by Crippen LogP contribution is -2.17. The van der Waals surface area contributed by atoms with Crippen LogP contribution in [0.2, 0.25) is 0 Å². The highest BCUT2D eigenvalue weighted by Crippen LogP contribution is 2.28. The van der Waals surface area contributed by atoms with Gasteiger partial charge in [0.15, 0.2) is 11.5 Å². The molecule has 102 valence electrons. The molecule has 0 heterocycles. The topological polar surface area (TPSA) is 50.7 Å². The highest BCUT2D eigenvalue weighted by Gasteiger charge is 2.05. The lowest BCUT2D eigenvalue weighted by molar-refractivity contribution is 0.287. The normalized spacial score (nSPS) is 10.4. The van der Waals surface area contributed by atoms with Crippen LogP contribution in [0.15, 0.2) is 18.2 Å². The summed E-state index contributed by atoms with van der Waals surface area (Å²) in [5.74, 6) is 1.55. The van der Waals surface area contributed by atoms with Crippen molar-refractivity contribution in [2.45, 2.75) is 26.3 Å². The Labute approximate surface area is 109 Å². The fraction of sp³-hybridized carbons (Fsp3) is 0.571. The number of unbranched alkanes of at least 4 members (excludes halogenated alkanes) is 1. The molecular weight excluding hydrogens is 230 g/mol. The first-order chi connectivity index (χ1) is 8.81. The molecule has 0 aliphatic heterocycles.